The van der Waals surface area contributed by atoms with Gasteiger partial charge in [-0.2, -0.15) is 0 Å². The highest BCUT2D eigenvalue weighted by Gasteiger charge is 2.22. The van der Waals surface area contributed by atoms with Crippen molar-refractivity contribution in [2.45, 2.75) is 13.5 Å². The summed E-state index contributed by atoms with van der Waals surface area (Å²) in [6, 6.07) is 5.32. The molecule has 2 aromatic rings. The van der Waals surface area contributed by atoms with E-state index in [2.05, 4.69) is 4.98 Å². The topological polar surface area (TPSA) is 92.4 Å². The average molecular weight is 295 g/mol. The average Bonchev–Trinajstić information content (AvgIpc) is 2.78. The monoisotopic (exact) mass is 294 g/mol. The van der Waals surface area contributed by atoms with Crippen LogP contribution in [0.2, 0.25) is 5.02 Å². The highest BCUT2D eigenvalue weighted by molar-refractivity contribution is 6.31. The Morgan fingerprint density at radius 3 is 2.55 bits per heavy atom. The first-order valence-corrected chi connectivity index (χ1v) is 6.04. The Bertz CT molecular complexity index is 694. The molecule has 0 bridgehead atoms. The molecule has 2 N–H and O–H groups in total. The van der Waals surface area contributed by atoms with Crippen LogP contribution in [0.25, 0.3) is 0 Å². The molecule has 0 radical (unpaired) electrons. The van der Waals surface area contributed by atoms with E-state index in [1.54, 1.807) is 12.1 Å². The van der Waals surface area contributed by atoms with Crippen LogP contribution < -0.4 is 0 Å². The largest absolute Gasteiger partial charge is 0.476 e. The van der Waals surface area contributed by atoms with Gasteiger partial charge in [0, 0.05) is 11.6 Å². The zero-order valence-corrected chi connectivity index (χ0v) is 11.3. The summed E-state index contributed by atoms with van der Waals surface area (Å²) < 4.78 is 1.27. The SMILES string of the molecule is Cc1ccc(Cn2cnc(C(=O)O)c2C(=O)O)cc1Cl. The van der Waals surface area contributed by atoms with Crippen LogP contribution in [0, 0.1) is 6.92 Å². The predicted molar refractivity (Wildman–Crippen MR) is 71.4 cm³/mol. The number of hydrogen-bond acceptors (Lipinski definition) is 3. The maximum Gasteiger partial charge on any atom is 0.357 e. The van der Waals surface area contributed by atoms with Crippen molar-refractivity contribution in [2.75, 3.05) is 0 Å². The molecule has 6 nitrogen and oxygen atoms in total. The lowest BCUT2D eigenvalue weighted by Crippen LogP contribution is -2.13. The summed E-state index contributed by atoms with van der Waals surface area (Å²) >= 11 is 6.00. The second-order valence-corrected chi connectivity index (χ2v) is 4.67. The number of halogens is 1. The first-order valence-electron chi connectivity index (χ1n) is 5.67. The van der Waals surface area contributed by atoms with Crippen LogP contribution >= 0.6 is 11.6 Å². The van der Waals surface area contributed by atoms with Gasteiger partial charge in [0.2, 0.25) is 0 Å². The minimum absolute atomic E-state index is 0.182. The molecule has 104 valence electrons. The van der Waals surface area contributed by atoms with Gasteiger partial charge in [-0.25, -0.2) is 14.6 Å². The number of aromatic nitrogens is 2. The Morgan fingerprint density at radius 1 is 1.30 bits per heavy atom. The number of hydrogen-bond donors (Lipinski definition) is 2. The van der Waals surface area contributed by atoms with E-state index in [9.17, 15) is 9.59 Å². The number of carboxylic acids is 2. The molecule has 7 heteroatoms. The first kappa shape index (κ1) is 14.1. The van der Waals surface area contributed by atoms with Crippen LogP contribution in [0.5, 0.6) is 0 Å². The van der Waals surface area contributed by atoms with Crippen molar-refractivity contribution >= 4 is 23.5 Å². The zero-order chi connectivity index (χ0) is 14.9. The molecule has 0 atom stereocenters. The van der Waals surface area contributed by atoms with E-state index < -0.39 is 17.6 Å². The molecule has 0 fully saturated rings. The van der Waals surface area contributed by atoms with Gasteiger partial charge in [0.25, 0.3) is 0 Å². The van der Waals surface area contributed by atoms with Crippen molar-refractivity contribution < 1.29 is 19.8 Å². The minimum atomic E-state index is -1.37. The zero-order valence-electron chi connectivity index (χ0n) is 10.5. The van der Waals surface area contributed by atoms with E-state index in [0.29, 0.717) is 5.02 Å². The van der Waals surface area contributed by atoms with Gasteiger partial charge < -0.3 is 14.8 Å². The standard InChI is InChI=1S/C13H11ClN2O4/c1-7-2-3-8(4-9(7)14)5-16-6-15-10(12(17)18)11(16)13(19)20/h2-4,6H,5H2,1H3,(H,17,18)(H,19,20). The van der Waals surface area contributed by atoms with E-state index in [1.165, 1.54) is 10.9 Å². The third-order valence-electron chi connectivity index (χ3n) is 2.83. The number of carboxylic acid groups (broad SMARTS) is 2. The fourth-order valence-electron chi connectivity index (χ4n) is 1.81. The highest BCUT2D eigenvalue weighted by Crippen LogP contribution is 2.18. The number of aromatic carboxylic acids is 2. The van der Waals surface area contributed by atoms with E-state index in [-0.39, 0.29) is 12.2 Å². The summed E-state index contributed by atoms with van der Waals surface area (Å²) in [4.78, 5) is 25.7. The third-order valence-corrected chi connectivity index (χ3v) is 3.24. The van der Waals surface area contributed by atoms with Crippen LogP contribution in [0.4, 0.5) is 0 Å². The molecule has 0 aliphatic carbocycles. The van der Waals surface area contributed by atoms with E-state index in [4.69, 9.17) is 21.8 Å². The number of nitrogens with zero attached hydrogens (tertiary/aromatic N) is 2. The fourth-order valence-corrected chi connectivity index (χ4v) is 2.02. The molecule has 20 heavy (non-hydrogen) atoms. The van der Waals surface area contributed by atoms with Crippen LogP contribution in [-0.2, 0) is 6.54 Å². The van der Waals surface area contributed by atoms with Gasteiger partial charge in [0.1, 0.15) is 0 Å². The van der Waals surface area contributed by atoms with Gasteiger partial charge in [-0.15, -0.1) is 0 Å². The van der Waals surface area contributed by atoms with E-state index in [1.807, 2.05) is 13.0 Å². The van der Waals surface area contributed by atoms with Crippen LogP contribution in [0.3, 0.4) is 0 Å². The molecule has 0 saturated heterocycles. The van der Waals surface area contributed by atoms with Crippen molar-refractivity contribution in [3.05, 3.63) is 52.1 Å². The number of benzene rings is 1. The smallest absolute Gasteiger partial charge is 0.357 e. The Balaban J connectivity index is 2.41. The number of rotatable bonds is 4. The van der Waals surface area contributed by atoms with Crippen molar-refractivity contribution in [1.82, 2.24) is 9.55 Å². The molecule has 0 aliphatic heterocycles. The summed E-state index contributed by atoms with van der Waals surface area (Å²) in [5.74, 6) is -2.71. The highest BCUT2D eigenvalue weighted by atomic mass is 35.5. The number of carbonyl (C=O) groups is 2. The van der Waals surface area contributed by atoms with Gasteiger partial charge in [0.05, 0.1) is 6.33 Å². The van der Waals surface area contributed by atoms with Gasteiger partial charge in [-0.3, -0.25) is 0 Å². The molecule has 0 aliphatic rings. The fraction of sp³-hybridized carbons (Fsp3) is 0.154. The second kappa shape index (κ2) is 5.34. The molecule has 0 unspecified atom stereocenters. The molecule has 1 aromatic heterocycles. The molecule has 2 rings (SSSR count). The minimum Gasteiger partial charge on any atom is -0.476 e. The summed E-state index contributed by atoms with van der Waals surface area (Å²) in [5, 5.41) is 18.6. The Hall–Kier alpha value is -2.34. The van der Waals surface area contributed by atoms with Crippen LogP contribution in [0.15, 0.2) is 24.5 Å². The Kier molecular flexibility index (Phi) is 3.76. The maximum absolute atomic E-state index is 11.2. The Labute approximate surface area is 119 Å². The van der Waals surface area contributed by atoms with Crippen molar-refractivity contribution in [2.24, 2.45) is 0 Å². The molecule has 0 amide bonds. The van der Waals surface area contributed by atoms with Gasteiger partial charge >= 0.3 is 11.9 Å². The van der Waals surface area contributed by atoms with Crippen molar-refractivity contribution in [1.29, 1.82) is 0 Å². The molecular weight excluding hydrogens is 284 g/mol. The summed E-state index contributed by atoms with van der Waals surface area (Å²) in [5.41, 5.74) is 0.841. The van der Waals surface area contributed by atoms with E-state index in [0.717, 1.165) is 11.1 Å². The lowest BCUT2D eigenvalue weighted by Gasteiger charge is -2.07. The summed E-state index contributed by atoms with van der Waals surface area (Å²) in [6.07, 6.45) is 1.20. The normalized spacial score (nSPS) is 10.5. The van der Waals surface area contributed by atoms with Crippen LogP contribution in [-0.4, -0.2) is 31.7 Å². The second-order valence-electron chi connectivity index (χ2n) is 4.26. The maximum atomic E-state index is 11.2. The predicted octanol–water partition coefficient (Wildman–Crippen LogP) is 2.29. The molecule has 0 spiro atoms. The van der Waals surface area contributed by atoms with E-state index >= 15 is 0 Å². The quantitative estimate of drug-likeness (QED) is 0.902. The van der Waals surface area contributed by atoms with Gasteiger partial charge in [-0.1, -0.05) is 23.7 Å². The molecule has 1 heterocycles. The van der Waals surface area contributed by atoms with Crippen molar-refractivity contribution in [3.8, 4) is 0 Å². The third kappa shape index (κ3) is 2.65. The molecule has 0 saturated carbocycles. The first-order chi connectivity index (χ1) is 9.40. The molecular formula is C13H11ClN2O4. The lowest BCUT2D eigenvalue weighted by molar-refractivity contribution is 0.0640. The van der Waals surface area contributed by atoms with Gasteiger partial charge in [-0.05, 0) is 24.1 Å². The lowest BCUT2D eigenvalue weighted by atomic mass is 10.1. The number of imidazole rings is 1. The Morgan fingerprint density at radius 2 is 2.00 bits per heavy atom. The summed E-state index contributed by atoms with van der Waals surface area (Å²) in [7, 11) is 0. The number of aryl methyl sites for hydroxylation is 1. The molecule has 1 aromatic carbocycles. The van der Waals surface area contributed by atoms with Crippen LogP contribution in [0.1, 0.15) is 32.1 Å². The van der Waals surface area contributed by atoms with Crippen molar-refractivity contribution in [3.63, 3.8) is 0 Å². The van der Waals surface area contributed by atoms with Gasteiger partial charge in [0.15, 0.2) is 11.4 Å². The summed E-state index contributed by atoms with van der Waals surface area (Å²) in [6.45, 7) is 2.04.